The molecule has 23 heavy (non-hydrogen) atoms. The van der Waals surface area contributed by atoms with Gasteiger partial charge in [-0.15, -0.1) is 30.6 Å². The molecule has 0 fully saturated rings. The molecule has 0 aliphatic rings. The van der Waals surface area contributed by atoms with E-state index in [1.54, 1.807) is 6.08 Å². The monoisotopic (exact) mass is 431 g/mol. The highest BCUT2D eigenvalue weighted by atomic mass is 127. The Bertz CT molecular complexity index is 472. The van der Waals surface area contributed by atoms with Gasteiger partial charge >= 0.3 is 0 Å². The van der Waals surface area contributed by atoms with Gasteiger partial charge < -0.3 is 15.4 Å². The fraction of sp³-hybridized carbons (Fsp3) is 0.500. The summed E-state index contributed by atoms with van der Waals surface area (Å²) in [5, 5.41) is 6.62. The molecule has 0 bridgehead atoms. The lowest BCUT2D eigenvalue weighted by Crippen LogP contribution is -2.38. The predicted molar refractivity (Wildman–Crippen MR) is 110 cm³/mol. The van der Waals surface area contributed by atoms with Gasteiger partial charge in [0.15, 0.2) is 5.96 Å². The number of guanidine groups is 1. The Hall–Kier alpha value is -1.24. The van der Waals surface area contributed by atoms with Crippen molar-refractivity contribution in [2.24, 2.45) is 10.9 Å². The normalized spacial score (nSPS) is 12.3. The summed E-state index contributed by atoms with van der Waals surface area (Å²) in [6, 6.07) is 8.38. The number of nitrogens with zero attached hydrogens (tertiary/aromatic N) is 1. The van der Waals surface area contributed by atoms with Gasteiger partial charge in [0, 0.05) is 6.54 Å². The highest BCUT2D eigenvalue weighted by Crippen LogP contribution is 2.18. The second kappa shape index (κ2) is 12.2. The second-order valence-electron chi connectivity index (χ2n) is 5.65. The standard InChI is InChI=1S/C18H29N3O.HI/c1-6-12-20-18(19-7-2)21-15(5)16-8-10-17(11-9-16)22-13-14(3)4;/h6,8-11,14-15H,1,7,12-13H2,2-5H3,(H2,19,20,21);1H. The van der Waals surface area contributed by atoms with E-state index in [4.69, 9.17) is 4.74 Å². The molecular formula is C18H30IN3O. The van der Waals surface area contributed by atoms with Crippen molar-refractivity contribution in [2.75, 3.05) is 19.7 Å². The number of halogens is 1. The van der Waals surface area contributed by atoms with E-state index in [2.05, 4.69) is 62.0 Å². The van der Waals surface area contributed by atoms with Crippen molar-refractivity contribution in [1.29, 1.82) is 0 Å². The van der Waals surface area contributed by atoms with Crippen molar-refractivity contribution in [3.05, 3.63) is 42.5 Å². The molecule has 0 aliphatic carbocycles. The van der Waals surface area contributed by atoms with E-state index in [1.165, 1.54) is 5.56 Å². The number of aliphatic imine (C=N–C) groups is 1. The molecule has 1 unspecified atom stereocenters. The van der Waals surface area contributed by atoms with Crippen molar-refractivity contribution in [3.63, 3.8) is 0 Å². The Morgan fingerprint density at radius 3 is 2.43 bits per heavy atom. The van der Waals surface area contributed by atoms with Gasteiger partial charge in [0.25, 0.3) is 0 Å². The molecule has 2 N–H and O–H groups in total. The van der Waals surface area contributed by atoms with Crippen LogP contribution in [-0.4, -0.2) is 25.7 Å². The molecule has 0 saturated carbocycles. The molecule has 1 rings (SSSR count). The number of nitrogens with one attached hydrogen (secondary N) is 2. The van der Waals surface area contributed by atoms with E-state index in [0.717, 1.165) is 24.9 Å². The molecule has 0 aliphatic heterocycles. The third-order valence-electron chi connectivity index (χ3n) is 3.04. The topological polar surface area (TPSA) is 45.7 Å². The lowest BCUT2D eigenvalue weighted by Gasteiger charge is -2.18. The molecule has 0 radical (unpaired) electrons. The molecule has 0 spiro atoms. The lowest BCUT2D eigenvalue weighted by atomic mass is 10.1. The maximum absolute atomic E-state index is 5.71. The van der Waals surface area contributed by atoms with Gasteiger partial charge in [0.05, 0.1) is 19.2 Å². The SMILES string of the molecule is C=CCN=C(NCC)NC(C)c1ccc(OCC(C)C)cc1.I. The number of hydrogen-bond donors (Lipinski definition) is 2. The van der Waals surface area contributed by atoms with Gasteiger partial charge in [0.1, 0.15) is 5.75 Å². The van der Waals surface area contributed by atoms with Crippen molar-refractivity contribution in [3.8, 4) is 5.75 Å². The predicted octanol–water partition coefficient (Wildman–Crippen LogP) is 4.14. The molecule has 0 aromatic heterocycles. The minimum absolute atomic E-state index is 0. The smallest absolute Gasteiger partial charge is 0.192 e. The zero-order chi connectivity index (χ0) is 16.4. The lowest BCUT2D eigenvalue weighted by molar-refractivity contribution is 0.271. The van der Waals surface area contributed by atoms with Gasteiger partial charge in [-0.05, 0) is 37.5 Å². The summed E-state index contributed by atoms with van der Waals surface area (Å²) in [6.07, 6.45) is 1.78. The van der Waals surface area contributed by atoms with Crippen LogP contribution < -0.4 is 15.4 Å². The van der Waals surface area contributed by atoms with Crippen LogP contribution in [0, 0.1) is 5.92 Å². The van der Waals surface area contributed by atoms with E-state index in [9.17, 15) is 0 Å². The largest absolute Gasteiger partial charge is 0.493 e. The molecule has 1 aromatic rings. The third-order valence-corrected chi connectivity index (χ3v) is 3.04. The number of rotatable bonds is 8. The summed E-state index contributed by atoms with van der Waals surface area (Å²) in [6.45, 7) is 14.3. The van der Waals surface area contributed by atoms with Gasteiger partial charge in [-0.3, -0.25) is 0 Å². The third kappa shape index (κ3) is 8.83. The van der Waals surface area contributed by atoms with E-state index in [-0.39, 0.29) is 30.0 Å². The molecule has 4 nitrogen and oxygen atoms in total. The van der Waals surface area contributed by atoms with Gasteiger partial charge in [-0.25, -0.2) is 4.99 Å². The first-order valence-corrected chi connectivity index (χ1v) is 7.95. The average Bonchev–Trinajstić information content (AvgIpc) is 2.51. The van der Waals surface area contributed by atoms with Crippen molar-refractivity contribution >= 4 is 29.9 Å². The van der Waals surface area contributed by atoms with Crippen molar-refractivity contribution in [2.45, 2.75) is 33.7 Å². The summed E-state index contributed by atoms with van der Waals surface area (Å²) in [5.41, 5.74) is 1.20. The Kier molecular flexibility index (Phi) is 11.6. The van der Waals surface area contributed by atoms with Crippen molar-refractivity contribution < 1.29 is 4.74 Å². The van der Waals surface area contributed by atoms with Crippen LogP contribution in [0.1, 0.15) is 39.3 Å². The van der Waals surface area contributed by atoms with Crippen LogP contribution in [0.4, 0.5) is 0 Å². The van der Waals surface area contributed by atoms with E-state index >= 15 is 0 Å². The fourth-order valence-corrected chi connectivity index (χ4v) is 1.88. The van der Waals surface area contributed by atoms with Crippen LogP contribution in [0.25, 0.3) is 0 Å². The van der Waals surface area contributed by atoms with Crippen LogP contribution >= 0.6 is 24.0 Å². The highest BCUT2D eigenvalue weighted by Gasteiger charge is 2.08. The average molecular weight is 431 g/mol. The fourth-order valence-electron chi connectivity index (χ4n) is 1.88. The van der Waals surface area contributed by atoms with Gasteiger partial charge in [-0.2, -0.15) is 0 Å². The van der Waals surface area contributed by atoms with Gasteiger partial charge in [0.2, 0.25) is 0 Å². The van der Waals surface area contributed by atoms with Gasteiger partial charge in [-0.1, -0.05) is 32.1 Å². The highest BCUT2D eigenvalue weighted by molar-refractivity contribution is 14.0. The Morgan fingerprint density at radius 2 is 1.91 bits per heavy atom. The molecule has 130 valence electrons. The summed E-state index contributed by atoms with van der Waals surface area (Å²) in [5.74, 6) is 2.25. The summed E-state index contributed by atoms with van der Waals surface area (Å²) < 4.78 is 5.71. The molecule has 5 heteroatoms. The molecule has 1 aromatic carbocycles. The zero-order valence-corrected chi connectivity index (χ0v) is 17.0. The quantitative estimate of drug-likeness (QED) is 0.282. The molecule has 0 saturated heterocycles. The first kappa shape index (κ1) is 21.8. The second-order valence-corrected chi connectivity index (χ2v) is 5.65. The van der Waals surface area contributed by atoms with Crippen LogP contribution in [0.3, 0.4) is 0 Å². The maximum atomic E-state index is 5.71. The molecule has 0 amide bonds. The summed E-state index contributed by atoms with van der Waals surface area (Å²) in [4.78, 5) is 4.42. The Labute approximate surface area is 157 Å². The van der Waals surface area contributed by atoms with Crippen LogP contribution in [0.5, 0.6) is 5.75 Å². The maximum Gasteiger partial charge on any atom is 0.192 e. The summed E-state index contributed by atoms with van der Waals surface area (Å²) in [7, 11) is 0. The molecule has 0 heterocycles. The Balaban J connectivity index is 0.00000484. The number of ether oxygens (including phenoxy) is 1. The molecular weight excluding hydrogens is 401 g/mol. The minimum atomic E-state index is 0. The zero-order valence-electron chi connectivity index (χ0n) is 14.6. The van der Waals surface area contributed by atoms with Crippen LogP contribution in [-0.2, 0) is 0 Å². The molecule has 1 atom stereocenters. The van der Waals surface area contributed by atoms with Crippen molar-refractivity contribution in [1.82, 2.24) is 10.6 Å². The van der Waals surface area contributed by atoms with E-state index in [0.29, 0.717) is 12.5 Å². The van der Waals surface area contributed by atoms with Crippen LogP contribution in [0.2, 0.25) is 0 Å². The minimum Gasteiger partial charge on any atom is -0.493 e. The Morgan fingerprint density at radius 1 is 1.26 bits per heavy atom. The van der Waals surface area contributed by atoms with E-state index < -0.39 is 0 Å². The first-order valence-electron chi connectivity index (χ1n) is 7.95. The number of hydrogen-bond acceptors (Lipinski definition) is 2. The number of benzene rings is 1. The first-order chi connectivity index (χ1) is 10.6. The summed E-state index contributed by atoms with van der Waals surface area (Å²) >= 11 is 0. The van der Waals surface area contributed by atoms with E-state index in [1.807, 2.05) is 12.1 Å². The van der Waals surface area contributed by atoms with Crippen LogP contribution in [0.15, 0.2) is 41.9 Å².